The van der Waals surface area contributed by atoms with Crippen molar-refractivity contribution in [2.45, 2.75) is 132 Å². The Labute approximate surface area is 246 Å². The molecule has 0 saturated heterocycles. The van der Waals surface area contributed by atoms with Crippen molar-refractivity contribution in [3.63, 3.8) is 0 Å². The molecule has 0 aromatic carbocycles. The maximum absolute atomic E-state index is 12.5. The fraction of sp³-hybridized carbons (Fsp3) is 0.794. The minimum atomic E-state index is -0.883. The largest absolute Gasteiger partial charge is 0.478 e. The van der Waals surface area contributed by atoms with Gasteiger partial charge in [-0.2, -0.15) is 0 Å². The third-order valence-electron chi connectivity index (χ3n) is 12.5. The number of hydrogen-bond donors (Lipinski definition) is 2. The number of carboxylic acids is 1. The molecule has 7 nitrogen and oxygen atoms in total. The van der Waals surface area contributed by atoms with Crippen LogP contribution in [0.25, 0.3) is 0 Å². The van der Waals surface area contributed by atoms with Crippen LogP contribution in [0.15, 0.2) is 22.8 Å². The van der Waals surface area contributed by atoms with E-state index >= 15 is 0 Å². The predicted octanol–water partition coefficient (Wildman–Crippen LogP) is 6.63. The van der Waals surface area contributed by atoms with Crippen molar-refractivity contribution in [1.29, 1.82) is 0 Å². The number of carbonyl (C=O) groups is 3. The van der Waals surface area contributed by atoms with Crippen molar-refractivity contribution in [3.05, 3.63) is 22.8 Å². The molecule has 0 radical (unpaired) electrons. The Kier molecular flexibility index (Phi) is 8.40. The van der Waals surface area contributed by atoms with Crippen LogP contribution in [0.4, 0.5) is 0 Å². The van der Waals surface area contributed by atoms with E-state index in [1.54, 1.807) is 13.0 Å². The number of esters is 2. The lowest BCUT2D eigenvalue weighted by molar-refractivity contribution is -0.173. The molecule has 41 heavy (non-hydrogen) atoms. The van der Waals surface area contributed by atoms with Crippen LogP contribution in [-0.4, -0.2) is 46.4 Å². The summed E-state index contributed by atoms with van der Waals surface area (Å²) in [4.78, 5) is 35.8. The molecule has 7 heteroatoms. The van der Waals surface area contributed by atoms with Gasteiger partial charge in [-0.1, -0.05) is 53.2 Å². The van der Waals surface area contributed by atoms with Gasteiger partial charge in [0.1, 0.15) is 12.2 Å². The van der Waals surface area contributed by atoms with Gasteiger partial charge in [-0.15, -0.1) is 0 Å². The first-order chi connectivity index (χ1) is 18.9. The molecule has 0 spiro atoms. The van der Waals surface area contributed by atoms with Crippen LogP contribution in [0, 0.1) is 39.4 Å². The second-order valence-corrected chi connectivity index (χ2v) is 14.9. The van der Waals surface area contributed by atoms with E-state index in [0.29, 0.717) is 30.8 Å². The molecule has 0 heterocycles. The number of carboxylic acid groups (broad SMARTS) is 1. The molecular weight excluding hydrogens is 520 g/mol. The van der Waals surface area contributed by atoms with Crippen molar-refractivity contribution >= 4 is 17.9 Å². The Bertz CT molecular complexity index is 1150. The van der Waals surface area contributed by atoms with E-state index in [0.717, 1.165) is 37.7 Å². The van der Waals surface area contributed by atoms with Gasteiger partial charge >= 0.3 is 17.9 Å². The van der Waals surface area contributed by atoms with E-state index in [1.165, 1.54) is 19.4 Å². The number of rotatable bonds is 7. The van der Waals surface area contributed by atoms with Crippen molar-refractivity contribution in [2.75, 3.05) is 0 Å². The molecule has 0 bridgehead atoms. The van der Waals surface area contributed by atoms with E-state index in [4.69, 9.17) is 9.47 Å². The second-order valence-electron chi connectivity index (χ2n) is 14.9. The first kappa shape index (κ1) is 31.8. The zero-order valence-corrected chi connectivity index (χ0v) is 26.6. The summed E-state index contributed by atoms with van der Waals surface area (Å²) < 4.78 is 12.0. The summed E-state index contributed by atoms with van der Waals surface area (Å²) in [5.41, 5.74) is 1.68. The lowest BCUT2D eigenvalue weighted by Crippen LogP contribution is -2.60. The maximum atomic E-state index is 12.5. The second kappa shape index (κ2) is 10.8. The van der Waals surface area contributed by atoms with Crippen LogP contribution in [0.5, 0.6) is 0 Å². The highest BCUT2D eigenvalue weighted by atomic mass is 16.5. The van der Waals surface area contributed by atoms with Crippen molar-refractivity contribution in [3.8, 4) is 0 Å². The fourth-order valence-corrected chi connectivity index (χ4v) is 10.1. The zero-order chi connectivity index (χ0) is 30.7. The van der Waals surface area contributed by atoms with E-state index < -0.39 is 23.6 Å². The number of aliphatic carboxylic acids is 1. The lowest BCUT2D eigenvalue weighted by Gasteiger charge is -2.63. The summed E-state index contributed by atoms with van der Waals surface area (Å²) in [7, 11) is 0. The number of fused-ring (bicyclic) bond motifs is 4. The highest BCUT2D eigenvalue weighted by molar-refractivity contribution is 5.85. The highest BCUT2D eigenvalue weighted by Crippen LogP contribution is 2.73. The van der Waals surface area contributed by atoms with Crippen LogP contribution in [0.2, 0.25) is 0 Å². The average molecular weight is 573 g/mol. The zero-order valence-electron chi connectivity index (χ0n) is 26.6. The molecule has 2 saturated carbocycles. The SMILES string of the molecule is CC(=O)O[C@@H]1C[C@H]2C(C)(C)[C@H](OC(C)=O)CC[C@]2(C)C2=C1[C@]1(C)[C@@H](O)C[C@H]([C@H](C)CC/C=C(\C)C(=O)O)[C@@]1(C)CC2. The Hall–Kier alpha value is -2.15. The molecule has 9 atom stereocenters. The first-order valence-corrected chi connectivity index (χ1v) is 15.6. The molecule has 4 aliphatic carbocycles. The third-order valence-corrected chi connectivity index (χ3v) is 12.5. The molecule has 2 N–H and O–H groups in total. The summed E-state index contributed by atoms with van der Waals surface area (Å²) >= 11 is 0. The number of hydrogen-bond acceptors (Lipinski definition) is 6. The van der Waals surface area contributed by atoms with Gasteiger partial charge in [0.2, 0.25) is 0 Å². The van der Waals surface area contributed by atoms with E-state index in [9.17, 15) is 24.6 Å². The minimum Gasteiger partial charge on any atom is -0.478 e. The van der Waals surface area contributed by atoms with Gasteiger partial charge in [0.05, 0.1) is 6.10 Å². The Balaban J connectivity index is 1.76. The maximum Gasteiger partial charge on any atom is 0.330 e. The summed E-state index contributed by atoms with van der Waals surface area (Å²) in [6.45, 7) is 18.1. The van der Waals surface area contributed by atoms with Gasteiger partial charge < -0.3 is 19.7 Å². The summed E-state index contributed by atoms with van der Waals surface area (Å²) in [6.07, 6.45) is 7.03. The monoisotopic (exact) mass is 572 g/mol. The summed E-state index contributed by atoms with van der Waals surface area (Å²) in [5, 5.41) is 21.2. The van der Waals surface area contributed by atoms with Gasteiger partial charge in [0, 0.05) is 30.3 Å². The Morgan fingerprint density at radius 1 is 1.00 bits per heavy atom. The smallest absolute Gasteiger partial charge is 0.330 e. The molecular formula is C34H52O7. The molecule has 0 unspecified atom stereocenters. The van der Waals surface area contributed by atoms with Gasteiger partial charge in [-0.25, -0.2) is 4.79 Å². The molecule has 4 aliphatic rings. The van der Waals surface area contributed by atoms with Gasteiger partial charge in [0.25, 0.3) is 0 Å². The van der Waals surface area contributed by atoms with Crippen LogP contribution in [-0.2, 0) is 23.9 Å². The van der Waals surface area contributed by atoms with Crippen molar-refractivity contribution in [1.82, 2.24) is 0 Å². The average Bonchev–Trinajstić information content (AvgIpc) is 3.07. The van der Waals surface area contributed by atoms with Crippen LogP contribution in [0.3, 0.4) is 0 Å². The Morgan fingerprint density at radius 3 is 2.22 bits per heavy atom. The lowest BCUT2D eigenvalue weighted by atomic mass is 9.42. The molecule has 0 aliphatic heterocycles. The van der Waals surface area contributed by atoms with Crippen molar-refractivity contribution in [2.24, 2.45) is 39.4 Å². The summed E-state index contributed by atoms with van der Waals surface area (Å²) in [5.74, 6) is -0.747. The van der Waals surface area contributed by atoms with Crippen LogP contribution >= 0.6 is 0 Å². The van der Waals surface area contributed by atoms with Crippen LogP contribution in [0.1, 0.15) is 114 Å². The van der Waals surface area contributed by atoms with Gasteiger partial charge in [0.15, 0.2) is 0 Å². The number of aliphatic hydroxyl groups is 1. The molecule has 0 aromatic heterocycles. The number of carbonyl (C=O) groups excluding carboxylic acids is 2. The normalized spacial score (nSPS) is 40.6. The summed E-state index contributed by atoms with van der Waals surface area (Å²) in [6, 6.07) is 0. The molecule has 0 aromatic rings. The van der Waals surface area contributed by atoms with Gasteiger partial charge in [-0.3, -0.25) is 9.59 Å². The number of ether oxygens (including phenoxy) is 2. The fourth-order valence-electron chi connectivity index (χ4n) is 10.1. The molecule has 4 rings (SSSR count). The van der Waals surface area contributed by atoms with Gasteiger partial charge in [-0.05, 0) is 92.4 Å². The third kappa shape index (κ3) is 4.98. The Morgan fingerprint density at radius 2 is 1.63 bits per heavy atom. The molecule has 2 fully saturated rings. The molecule has 230 valence electrons. The number of aliphatic hydroxyl groups excluding tert-OH is 1. The minimum absolute atomic E-state index is 0.140. The standard InChI is InChI=1S/C34H52O7/c1-19(11-10-12-20(2)30(38)39)24-17-27(37)34(9)29-23(13-16-33(24,34)8)32(7)15-14-28(41-22(4)36)31(5,6)26(32)18-25(29)40-21(3)35/h12,19,24-28,37H,10-11,13-18H2,1-9H3,(H,38,39)/b20-12+/t19-,24-,25-,26+,27+,28-,32-,33-,34+/m1/s1. The number of allylic oxidation sites excluding steroid dienone is 2. The van der Waals surface area contributed by atoms with E-state index in [2.05, 4.69) is 41.5 Å². The predicted molar refractivity (Wildman–Crippen MR) is 157 cm³/mol. The van der Waals surface area contributed by atoms with Crippen LogP contribution < -0.4 is 0 Å². The van der Waals surface area contributed by atoms with E-state index in [-0.39, 0.29) is 46.1 Å². The molecule has 0 amide bonds. The topological polar surface area (TPSA) is 110 Å². The quantitative estimate of drug-likeness (QED) is 0.200. The van der Waals surface area contributed by atoms with E-state index in [1.807, 2.05) is 0 Å². The van der Waals surface area contributed by atoms with Crippen molar-refractivity contribution < 1.29 is 34.1 Å². The first-order valence-electron chi connectivity index (χ1n) is 15.6. The highest BCUT2D eigenvalue weighted by Gasteiger charge is 2.68.